The van der Waals surface area contributed by atoms with Crippen molar-refractivity contribution in [1.82, 2.24) is 5.32 Å². The molecule has 0 bridgehead atoms. The second-order valence-electron chi connectivity index (χ2n) is 3.40. The van der Waals surface area contributed by atoms with E-state index in [9.17, 15) is 17.6 Å². The minimum absolute atomic E-state index is 0.0491. The maximum absolute atomic E-state index is 13.6. The first-order valence-corrected chi connectivity index (χ1v) is 7.11. The van der Waals surface area contributed by atoms with Gasteiger partial charge in [-0.15, -0.1) is 0 Å². The summed E-state index contributed by atoms with van der Waals surface area (Å²) >= 11 is 0. The van der Waals surface area contributed by atoms with Gasteiger partial charge >= 0.3 is 0 Å². The number of amides is 1. The van der Waals surface area contributed by atoms with E-state index in [2.05, 4.69) is 5.32 Å². The van der Waals surface area contributed by atoms with Gasteiger partial charge < -0.3 is 5.32 Å². The Morgan fingerprint density at radius 1 is 1.47 bits per heavy atom. The van der Waals surface area contributed by atoms with E-state index in [-0.39, 0.29) is 16.0 Å². The van der Waals surface area contributed by atoms with Crippen molar-refractivity contribution in [1.29, 1.82) is 0 Å². The van der Waals surface area contributed by atoms with Crippen LogP contribution in [-0.4, -0.2) is 20.9 Å². The number of carbonyl (C=O) groups excluding carboxylic acids is 1. The number of rotatable bonds is 3. The molecule has 0 heterocycles. The van der Waals surface area contributed by atoms with Crippen molar-refractivity contribution in [2.24, 2.45) is 0 Å². The number of aryl methyl sites for hydroxylation is 1. The van der Waals surface area contributed by atoms with E-state index in [0.717, 1.165) is 12.1 Å². The molecule has 0 unspecified atom stereocenters. The van der Waals surface area contributed by atoms with Gasteiger partial charge in [-0.05, 0) is 31.5 Å². The third-order valence-electron chi connectivity index (χ3n) is 2.09. The van der Waals surface area contributed by atoms with E-state index in [1.54, 1.807) is 6.92 Å². The molecule has 4 nitrogen and oxygen atoms in total. The molecule has 0 aliphatic heterocycles. The largest absolute Gasteiger partial charge is 0.352 e. The highest BCUT2D eigenvalue weighted by atomic mass is 35.7. The molecule has 0 saturated heterocycles. The third-order valence-corrected chi connectivity index (χ3v) is 3.42. The van der Waals surface area contributed by atoms with Crippen LogP contribution in [0.15, 0.2) is 17.0 Å². The number of benzene rings is 1. The Morgan fingerprint density at radius 3 is 2.53 bits per heavy atom. The second kappa shape index (κ2) is 5.01. The summed E-state index contributed by atoms with van der Waals surface area (Å²) in [6.45, 7) is 3.35. The van der Waals surface area contributed by atoms with Gasteiger partial charge in [-0.25, -0.2) is 12.8 Å². The Bertz CT molecular complexity index is 557. The first-order chi connectivity index (χ1) is 7.77. The summed E-state index contributed by atoms with van der Waals surface area (Å²) in [6.07, 6.45) is 0. The molecule has 17 heavy (non-hydrogen) atoms. The smallest absolute Gasteiger partial charge is 0.261 e. The highest BCUT2D eigenvalue weighted by Crippen LogP contribution is 2.22. The lowest BCUT2D eigenvalue weighted by atomic mass is 10.1. The number of hydrogen-bond acceptors (Lipinski definition) is 3. The molecule has 1 amide bonds. The molecule has 0 radical (unpaired) electrons. The third kappa shape index (κ3) is 3.17. The van der Waals surface area contributed by atoms with Crippen molar-refractivity contribution in [3.63, 3.8) is 0 Å². The van der Waals surface area contributed by atoms with Gasteiger partial charge in [0.15, 0.2) is 0 Å². The summed E-state index contributed by atoms with van der Waals surface area (Å²) < 4.78 is 35.9. The van der Waals surface area contributed by atoms with Gasteiger partial charge in [0, 0.05) is 17.2 Å². The SMILES string of the molecule is CCNC(=O)c1cc(S(=O)(=O)Cl)cc(C)c1F. The Hall–Kier alpha value is -1.14. The molecule has 0 saturated carbocycles. The zero-order valence-electron chi connectivity index (χ0n) is 9.25. The Balaban J connectivity index is 3.40. The minimum atomic E-state index is -3.99. The van der Waals surface area contributed by atoms with Crippen molar-refractivity contribution in [2.45, 2.75) is 18.7 Å². The summed E-state index contributed by atoms with van der Waals surface area (Å²) in [5.74, 6) is -1.42. The van der Waals surface area contributed by atoms with Crippen LogP contribution in [0.3, 0.4) is 0 Å². The van der Waals surface area contributed by atoms with Gasteiger partial charge in [0.1, 0.15) is 5.82 Å². The first-order valence-electron chi connectivity index (χ1n) is 4.80. The first kappa shape index (κ1) is 13.9. The molecule has 1 aromatic rings. The molecule has 0 atom stereocenters. The lowest BCUT2D eigenvalue weighted by Crippen LogP contribution is -2.24. The van der Waals surface area contributed by atoms with E-state index in [1.165, 1.54) is 6.92 Å². The molecule has 1 N–H and O–H groups in total. The van der Waals surface area contributed by atoms with Crippen molar-refractivity contribution in [3.8, 4) is 0 Å². The Labute approximate surface area is 103 Å². The standard InChI is InChI=1S/C10H11ClFNO3S/c1-3-13-10(14)8-5-7(17(11,15)16)4-6(2)9(8)12/h4-5H,3H2,1-2H3,(H,13,14). The number of carbonyl (C=O) groups is 1. The summed E-state index contributed by atoms with van der Waals surface area (Å²) in [5, 5.41) is 2.39. The van der Waals surface area contributed by atoms with E-state index in [0.29, 0.717) is 6.54 Å². The highest BCUT2D eigenvalue weighted by Gasteiger charge is 2.19. The van der Waals surface area contributed by atoms with Crippen LogP contribution in [0.5, 0.6) is 0 Å². The van der Waals surface area contributed by atoms with E-state index in [4.69, 9.17) is 10.7 Å². The predicted octanol–water partition coefficient (Wildman–Crippen LogP) is 1.81. The lowest BCUT2D eigenvalue weighted by molar-refractivity contribution is 0.0951. The van der Waals surface area contributed by atoms with Crippen LogP contribution in [0.2, 0.25) is 0 Å². The van der Waals surface area contributed by atoms with Crippen LogP contribution >= 0.6 is 10.7 Å². The van der Waals surface area contributed by atoms with Crippen molar-refractivity contribution < 1.29 is 17.6 Å². The van der Waals surface area contributed by atoms with E-state index < -0.39 is 20.8 Å². The minimum Gasteiger partial charge on any atom is -0.352 e. The average molecular weight is 280 g/mol. The summed E-state index contributed by atoms with van der Waals surface area (Å²) in [5.41, 5.74) is -0.279. The van der Waals surface area contributed by atoms with E-state index in [1.807, 2.05) is 0 Å². The average Bonchev–Trinajstić information content (AvgIpc) is 2.20. The number of hydrogen-bond donors (Lipinski definition) is 1. The van der Waals surface area contributed by atoms with Gasteiger partial charge in [0.25, 0.3) is 15.0 Å². The normalized spacial score (nSPS) is 11.3. The van der Waals surface area contributed by atoms with Crippen LogP contribution in [0.4, 0.5) is 4.39 Å². The van der Waals surface area contributed by atoms with Gasteiger partial charge in [-0.2, -0.15) is 0 Å². The zero-order chi connectivity index (χ0) is 13.2. The molecule has 1 rings (SSSR count). The van der Waals surface area contributed by atoms with E-state index >= 15 is 0 Å². The van der Waals surface area contributed by atoms with Gasteiger partial charge in [-0.1, -0.05) is 0 Å². The van der Waals surface area contributed by atoms with Gasteiger partial charge in [-0.3, -0.25) is 4.79 Å². The van der Waals surface area contributed by atoms with Gasteiger partial charge in [0.2, 0.25) is 0 Å². The van der Waals surface area contributed by atoms with Crippen LogP contribution in [0.25, 0.3) is 0 Å². The Morgan fingerprint density at radius 2 is 2.06 bits per heavy atom. The van der Waals surface area contributed by atoms with Gasteiger partial charge in [0.05, 0.1) is 10.5 Å². The van der Waals surface area contributed by atoms with Crippen LogP contribution in [0.1, 0.15) is 22.8 Å². The molecule has 1 aromatic carbocycles. The molecule has 0 aromatic heterocycles. The Kier molecular flexibility index (Phi) is 4.11. The molecule has 0 aliphatic rings. The maximum Gasteiger partial charge on any atom is 0.261 e. The summed E-state index contributed by atoms with van der Waals surface area (Å²) in [4.78, 5) is 11.2. The summed E-state index contributed by atoms with van der Waals surface area (Å²) in [7, 11) is 1.17. The monoisotopic (exact) mass is 279 g/mol. The second-order valence-corrected chi connectivity index (χ2v) is 5.96. The molecule has 94 valence electrons. The summed E-state index contributed by atoms with van der Waals surface area (Å²) in [6, 6.07) is 2.01. The highest BCUT2D eigenvalue weighted by molar-refractivity contribution is 8.13. The molecular weight excluding hydrogens is 269 g/mol. The number of halogens is 2. The number of nitrogens with one attached hydrogen (secondary N) is 1. The van der Waals surface area contributed by atoms with Crippen molar-refractivity contribution in [3.05, 3.63) is 29.1 Å². The van der Waals surface area contributed by atoms with Crippen LogP contribution < -0.4 is 5.32 Å². The lowest BCUT2D eigenvalue weighted by Gasteiger charge is -2.07. The quantitative estimate of drug-likeness (QED) is 0.859. The predicted molar refractivity (Wildman–Crippen MR) is 62.2 cm³/mol. The van der Waals surface area contributed by atoms with Crippen LogP contribution in [-0.2, 0) is 9.05 Å². The van der Waals surface area contributed by atoms with Crippen molar-refractivity contribution >= 4 is 25.6 Å². The topological polar surface area (TPSA) is 63.2 Å². The molecular formula is C10H11ClFNO3S. The van der Waals surface area contributed by atoms with Crippen molar-refractivity contribution in [2.75, 3.05) is 6.54 Å². The maximum atomic E-state index is 13.6. The molecule has 0 aliphatic carbocycles. The molecule has 7 heteroatoms. The van der Waals surface area contributed by atoms with Crippen LogP contribution in [0, 0.1) is 12.7 Å². The zero-order valence-corrected chi connectivity index (χ0v) is 10.8. The molecule has 0 fully saturated rings. The molecule has 0 spiro atoms. The fourth-order valence-electron chi connectivity index (χ4n) is 1.30. The fraction of sp³-hybridized carbons (Fsp3) is 0.300. The fourth-order valence-corrected chi connectivity index (χ4v) is 2.14.